The number of para-hydroxylation sites is 2. The highest BCUT2D eigenvalue weighted by molar-refractivity contribution is 5.86. The van der Waals surface area contributed by atoms with Crippen LogP contribution in [0.3, 0.4) is 0 Å². The van der Waals surface area contributed by atoms with Gasteiger partial charge in [0.05, 0.1) is 17.1 Å². The minimum absolute atomic E-state index is 0.781. The first kappa shape index (κ1) is 14.1. The molecule has 3 aromatic carbocycles. The van der Waals surface area contributed by atoms with Gasteiger partial charge >= 0.3 is 0 Å². The summed E-state index contributed by atoms with van der Waals surface area (Å²) in [6.07, 6.45) is 0. The van der Waals surface area contributed by atoms with Gasteiger partial charge < -0.3 is 5.32 Å². The van der Waals surface area contributed by atoms with Crippen molar-refractivity contribution in [2.24, 2.45) is 0 Å². The van der Waals surface area contributed by atoms with E-state index in [1.165, 1.54) is 16.8 Å². The van der Waals surface area contributed by atoms with Crippen molar-refractivity contribution < 1.29 is 0 Å². The normalized spacial score (nSPS) is 12.2. The predicted octanol–water partition coefficient (Wildman–Crippen LogP) is 5.13. The highest BCUT2D eigenvalue weighted by Crippen LogP contribution is 2.40. The first-order chi connectivity index (χ1) is 12.4. The maximum absolute atomic E-state index is 5.01. The summed E-state index contributed by atoms with van der Waals surface area (Å²) < 4.78 is 2.08. The number of benzene rings is 3. The monoisotopic (exact) mass is 323 g/mol. The van der Waals surface area contributed by atoms with Crippen molar-refractivity contribution in [1.82, 2.24) is 9.78 Å². The Labute approximate surface area is 146 Å². The molecule has 0 aliphatic carbocycles. The molecule has 1 N–H and O–H groups in total. The molecule has 1 aromatic heterocycles. The van der Waals surface area contributed by atoms with E-state index in [0.717, 1.165) is 29.2 Å². The van der Waals surface area contributed by atoms with Gasteiger partial charge in [-0.05, 0) is 18.2 Å². The van der Waals surface area contributed by atoms with Crippen LogP contribution in [0.15, 0.2) is 84.9 Å². The lowest BCUT2D eigenvalue weighted by Gasteiger charge is -2.20. The molecular weight excluding hydrogens is 306 g/mol. The summed E-state index contributed by atoms with van der Waals surface area (Å²) in [6.45, 7) is 0.781. The van der Waals surface area contributed by atoms with Crippen LogP contribution in [0.4, 0.5) is 5.69 Å². The first-order valence-corrected chi connectivity index (χ1v) is 8.48. The quantitative estimate of drug-likeness (QED) is 0.554. The van der Waals surface area contributed by atoms with Gasteiger partial charge in [-0.25, -0.2) is 4.68 Å². The van der Waals surface area contributed by atoms with Gasteiger partial charge in [-0.1, -0.05) is 66.7 Å². The molecule has 3 heteroatoms. The Morgan fingerprint density at radius 2 is 1.44 bits per heavy atom. The SMILES string of the molecule is c1ccc(-c2nn(-c3ccccc3)c3c2CNc2ccccc2-3)cc1. The third-order valence-corrected chi connectivity index (χ3v) is 4.67. The Kier molecular flexibility index (Phi) is 3.17. The predicted molar refractivity (Wildman–Crippen MR) is 102 cm³/mol. The zero-order valence-electron chi connectivity index (χ0n) is 13.7. The van der Waals surface area contributed by atoms with Gasteiger partial charge in [0.2, 0.25) is 0 Å². The summed E-state index contributed by atoms with van der Waals surface area (Å²) in [6, 6.07) is 29.2. The number of nitrogens with one attached hydrogen (secondary N) is 1. The van der Waals surface area contributed by atoms with Gasteiger partial charge in [0.15, 0.2) is 0 Å². The second-order valence-electron chi connectivity index (χ2n) is 6.19. The van der Waals surface area contributed by atoms with Crippen LogP contribution in [0.2, 0.25) is 0 Å². The summed E-state index contributed by atoms with van der Waals surface area (Å²) in [5.74, 6) is 0. The van der Waals surface area contributed by atoms with Crippen LogP contribution in [0.1, 0.15) is 5.56 Å². The van der Waals surface area contributed by atoms with Gasteiger partial charge in [0.1, 0.15) is 0 Å². The smallest absolute Gasteiger partial charge is 0.0984 e. The molecule has 120 valence electrons. The average molecular weight is 323 g/mol. The van der Waals surface area contributed by atoms with E-state index in [1.807, 2.05) is 12.1 Å². The molecule has 1 aliphatic rings. The van der Waals surface area contributed by atoms with Crippen molar-refractivity contribution in [2.45, 2.75) is 6.54 Å². The lowest BCUT2D eigenvalue weighted by atomic mass is 9.97. The number of hydrogen-bond donors (Lipinski definition) is 1. The largest absolute Gasteiger partial charge is 0.380 e. The van der Waals surface area contributed by atoms with Gasteiger partial charge in [-0.3, -0.25) is 0 Å². The van der Waals surface area contributed by atoms with Crippen molar-refractivity contribution >= 4 is 5.69 Å². The maximum atomic E-state index is 5.01. The van der Waals surface area contributed by atoms with Crippen LogP contribution < -0.4 is 5.32 Å². The molecule has 0 amide bonds. The van der Waals surface area contributed by atoms with E-state index in [0.29, 0.717) is 0 Å². The van der Waals surface area contributed by atoms with E-state index >= 15 is 0 Å². The van der Waals surface area contributed by atoms with Crippen molar-refractivity contribution in [3.8, 4) is 28.2 Å². The lowest BCUT2D eigenvalue weighted by molar-refractivity contribution is 0.890. The first-order valence-electron chi connectivity index (χ1n) is 8.48. The van der Waals surface area contributed by atoms with Crippen molar-refractivity contribution in [3.05, 3.63) is 90.5 Å². The van der Waals surface area contributed by atoms with Crippen LogP contribution in [-0.2, 0) is 6.54 Å². The van der Waals surface area contributed by atoms with E-state index in [9.17, 15) is 0 Å². The van der Waals surface area contributed by atoms with Crippen molar-refractivity contribution in [1.29, 1.82) is 0 Å². The van der Waals surface area contributed by atoms with Crippen LogP contribution in [0, 0.1) is 0 Å². The Hall–Kier alpha value is -3.33. The molecule has 25 heavy (non-hydrogen) atoms. The second-order valence-corrected chi connectivity index (χ2v) is 6.19. The zero-order chi connectivity index (χ0) is 16.6. The molecule has 4 aromatic rings. The Balaban J connectivity index is 1.82. The number of nitrogens with zero attached hydrogens (tertiary/aromatic N) is 2. The number of hydrogen-bond acceptors (Lipinski definition) is 2. The fourth-order valence-corrected chi connectivity index (χ4v) is 3.51. The van der Waals surface area contributed by atoms with Crippen molar-refractivity contribution in [2.75, 3.05) is 5.32 Å². The van der Waals surface area contributed by atoms with E-state index < -0.39 is 0 Å². The van der Waals surface area contributed by atoms with E-state index in [2.05, 4.69) is 82.8 Å². The summed E-state index contributed by atoms with van der Waals surface area (Å²) in [7, 11) is 0. The Morgan fingerprint density at radius 3 is 2.24 bits per heavy atom. The van der Waals surface area contributed by atoms with Crippen molar-refractivity contribution in [3.63, 3.8) is 0 Å². The van der Waals surface area contributed by atoms with Crippen LogP contribution >= 0.6 is 0 Å². The van der Waals surface area contributed by atoms with E-state index in [1.54, 1.807) is 0 Å². The molecule has 0 unspecified atom stereocenters. The zero-order valence-corrected chi connectivity index (χ0v) is 13.7. The lowest BCUT2D eigenvalue weighted by Crippen LogP contribution is -2.10. The number of fused-ring (bicyclic) bond motifs is 3. The molecule has 0 atom stereocenters. The maximum Gasteiger partial charge on any atom is 0.0984 e. The molecular formula is C22H17N3. The average Bonchev–Trinajstić information content (AvgIpc) is 3.09. The molecule has 1 aliphatic heterocycles. The number of anilines is 1. The van der Waals surface area contributed by atoms with Gasteiger partial charge in [0.25, 0.3) is 0 Å². The molecule has 0 saturated carbocycles. The topological polar surface area (TPSA) is 29.9 Å². The molecule has 3 nitrogen and oxygen atoms in total. The molecule has 2 heterocycles. The van der Waals surface area contributed by atoms with Crippen LogP contribution in [-0.4, -0.2) is 9.78 Å². The highest BCUT2D eigenvalue weighted by Gasteiger charge is 2.26. The second kappa shape index (κ2) is 5.64. The van der Waals surface area contributed by atoms with E-state index in [4.69, 9.17) is 5.10 Å². The van der Waals surface area contributed by atoms with Crippen LogP contribution in [0.5, 0.6) is 0 Å². The number of aromatic nitrogens is 2. The minimum Gasteiger partial charge on any atom is -0.380 e. The fraction of sp³-hybridized carbons (Fsp3) is 0.0455. The summed E-state index contributed by atoms with van der Waals surface area (Å²) >= 11 is 0. The minimum atomic E-state index is 0.781. The standard InChI is InChI=1S/C22H17N3/c1-3-9-16(10-4-1)21-19-15-23-20-14-8-7-13-18(20)22(19)25(24-21)17-11-5-2-6-12-17/h1-14,23H,15H2. The summed E-state index contributed by atoms with van der Waals surface area (Å²) in [4.78, 5) is 0. The third kappa shape index (κ3) is 2.24. The summed E-state index contributed by atoms with van der Waals surface area (Å²) in [5, 5.41) is 8.55. The molecule has 0 spiro atoms. The van der Waals surface area contributed by atoms with Gasteiger partial charge in [0, 0.05) is 28.9 Å². The third-order valence-electron chi connectivity index (χ3n) is 4.67. The fourth-order valence-electron chi connectivity index (χ4n) is 3.51. The molecule has 0 radical (unpaired) electrons. The Bertz CT molecular complexity index is 1030. The molecule has 0 saturated heterocycles. The van der Waals surface area contributed by atoms with Gasteiger partial charge in [-0.15, -0.1) is 0 Å². The van der Waals surface area contributed by atoms with Gasteiger partial charge in [-0.2, -0.15) is 5.10 Å². The van der Waals surface area contributed by atoms with E-state index in [-0.39, 0.29) is 0 Å². The molecule has 0 bridgehead atoms. The Morgan fingerprint density at radius 1 is 0.760 bits per heavy atom. The summed E-state index contributed by atoms with van der Waals surface area (Å²) in [5.41, 5.74) is 8.05. The van der Waals surface area contributed by atoms with Crippen LogP contribution in [0.25, 0.3) is 28.2 Å². The molecule has 0 fully saturated rings. The highest BCUT2D eigenvalue weighted by atomic mass is 15.3. The number of rotatable bonds is 2. The molecule has 5 rings (SSSR count).